The van der Waals surface area contributed by atoms with E-state index in [0.29, 0.717) is 35.6 Å². The zero-order chi connectivity index (χ0) is 20.6. The second kappa shape index (κ2) is 10.3. The number of nitrogens with zero attached hydrogens (tertiary/aromatic N) is 3. The molecule has 1 amide bonds. The predicted octanol–water partition coefficient (Wildman–Crippen LogP) is 3.39. The normalized spacial score (nSPS) is 14.9. The van der Waals surface area contributed by atoms with Crippen LogP contribution in [0.2, 0.25) is 5.02 Å². The van der Waals surface area contributed by atoms with Crippen molar-refractivity contribution in [2.45, 2.75) is 39.2 Å². The molecule has 1 aliphatic heterocycles. The number of aryl methyl sites for hydroxylation is 1. The molecule has 1 aliphatic rings. The number of ether oxygens (including phenoxy) is 2. The monoisotopic (exact) mass is 418 g/mol. The Morgan fingerprint density at radius 2 is 2.00 bits per heavy atom. The minimum Gasteiger partial charge on any atom is -0.479 e. The molecule has 0 bridgehead atoms. The third-order valence-electron chi connectivity index (χ3n) is 4.64. The number of nitrogens with one attached hydrogen (secondary N) is 1. The number of amides is 1. The lowest BCUT2D eigenvalue weighted by atomic mass is 10.1. The Morgan fingerprint density at radius 3 is 2.76 bits per heavy atom. The van der Waals surface area contributed by atoms with Gasteiger partial charge in [-0.2, -0.15) is 4.98 Å². The van der Waals surface area contributed by atoms with E-state index >= 15 is 0 Å². The van der Waals surface area contributed by atoms with Gasteiger partial charge in [0, 0.05) is 19.2 Å². The molecule has 0 spiro atoms. The summed E-state index contributed by atoms with van der Waals surface area (Å²) in [4.78, 5) is 23.3. The van der Waals surface area contributed by atoms with Gasteiger partial charge in [-0.25, -0.2) is 4.98 Å². The third-order valence-corrected chi connectivity index (χ3v) is 4.95. The van der Waals surface area contributed by atoms with Crippen LogP contribution in [-0.4, -0.2) is 48.2 Å². The second-order valence-corrected chi connectivity index (χ2v) is 7.40. The first-order valence-electron chi connectivity index (χ1n) is 9.95. The van der Waals surface area contributed by atoms with E-state index in [9.17, 15) is 4.79 Å². The molecular weight excluding hydrogens is 392 g/mol. The van der Waals surface area contributed by atoms with Gasteiger partial charge >= 0.3 is 0 Å². The van der Waals surface area contributed by atoms with Crippen molar-refractivity contribution >= 4 is 23.3 Å². The molecule has 3 rings (SSSR count). The summed E-state index contributed by atoms with van der Waals surface area (Å²) >= 11 is 6.06. The minimum atomic E-state index is -0.665. The highest BCUT2D eigenvalue weighted by Crippen LogP contribution is 2.24. The fraction of sp³-hybridized carbons (Fsp3) is 0.476. The van der Waals surface area contributed by atoms with Gasteiger partial charge < -0.3 is 19.7 Å². The number of para-hydroxylation sites is 1. The molecule has 7 nitrogen and oxygen atoms in total. The van der Waals surface area contributed by atoms with Crippen LogP contribution < -0.4 is 19.7 Å². The summed E-state index contributed by atoms with van der Waals surface area (Å²) in [5.41, 5.74) is 0. The topological polar surface area (TPSA) is 76.6 Å². The minimum absolute atomic E-state index is 0.235. The summed E-state index contributed by atoms with van der Waals surface area (Å²) < 4.78 is 11.3. The van der Waals surface area contributed by atoms with Gasteiger partial charge in [-0.15, -0.1) is 0 Å². The fourth-order valence-electron chi connectivity index (χ4n) is 3.14. The lowest BCUT2D eigenvalue weighted by Gasteiger charge is -2.28. The van der Waals surface area contributed by atoms with E-state index in [-0.39, 0.29) is 5.91 Å². The Bertz CT molecular complexity index is 827. The van der Waals surface area contributed by atoms with Gasteiger partial charge in [-0.05, 0) is 45.2 Å². The molecule has 1 aromatic carbocycles. The van der Waals surface area contributed by atoms with Crippen LogP contribution in [-0.2, 0) is 4.79 Å². The number of piperidine rings is 1. The lowest BCUT2D eigenvalue weighted by molar-refractivity contribution is -0.127. The number of benzene rings is 1. The zero-order valence-corrected chi connectivity index (χ0v) is 17.6. The first-order chi connectivity index (χ1) is 14.0. The van der Waals surface area contributed by atoms with Crippen LogP contribution >= 0.6 is 11.6 Å². The molecule has 0 aliphatic carbocycles. The molecule has 1 unspecified atom stereocenters. The smallest absolute Gasteiger partial charge is 0.260 e. The summed E-state index contributed by atoms with van der Waals surface area (Å²) in [5, 5.41) is 3.27. The molecule has 2 heterocycles. The molecule has 2 aromatic rings. The number of aromatic nitrogens is 2. The van der Waals surface area contributed by atoms with Crippen LogP contribution in [0.25, 0.3) is 0 Å². The maximum Gasteiger partial charge on any atom is 0.260 e. The molecule has 1 fully saturated rings. The second-order valence-electron chi connectivity index (χ2n) is 6.99. The van der Waals surface area contributed by atoms with Crippen molar-refractivity contribution in [2.75, 3.05) is 31.1 Å². The molecule has 0 radical (unpaired) electrons. The van der Waals surface area contributed by atoms with Crippen LogP contribution in [0.15, 0.2) is 30.3 Å². The third kappa shape index (κ3) is 6.22. The highest BCUT2D eigenvalue weighted by Gasteiger charge is 2.16. The van der Waals surface area contributed by atoms with E-state index < -0.39 is 6.10 Å². The summed E-state index contributed by atoms with van der Waals surface area (Å²) in [6.07, 6.45) is 2.96. The van der Waals surface area contributed by atoms with Gasteiger partial charge in [0.05, 0.1) is 11.6 Å². The van der Waals surface area contributed by atoms with Crippen LogP contribution in [0.1, 0.15) is 32.0 Å². The van der Waals surface area contributed by atoms with E-state index in [0.717, 1.165) is 18.9 Å². The van der Waals surface area contributed by atoms with Crippen LogP contribution in [0.3, 0.4) is 0 Å². The molecular formula is C21H27ClN4O3. The first kappa shape index (κ1) is 21.2. The summed E-state index contributed by atoms with van der Waals surface area (Å²) in [5.74, 6) is 2.34. The number of hydrogen-bond donors (Lipinski definition) is 1. The van der Waals surface area contributed by atoms with E-state index in [1.165, 1.54) is 19.3 Å². The maximum absolute atomic E-state index is 12.2. The van der Waals surface area contributed by atoms with Crippen molar-refractivity contribution in [3.8, 4) is 11.6 Å². The highest BCUT2D eigenvalue weighted by atomic mass is 35.5. The molecule has 1 saturated heterocycles. The lowest BCUT2D eigenvalue weighted by Crippen LogP contribution is -2.38. The standard InChI is InChI=1S/C21H27ClN4O3/c1-15(29-18-9-5-4-8-17(18)22)21(27)23-10-13-28-20-14-19(24-16(2)25-20)26-11-6-3-7-12-26/h4-5,8-9,14-15H,3,6-7,10-13H2,1-2H3,(H,23,27). The van der Waals surface area contributed by atoms with E-state index in [4.69, 9.17) is 21.1 Å². The van der Waals surface area contributed by atoms with Crippen LogP contribution in [0, 0.1) is 6.92 Å². The Hall–Kier alpha value is -2.54. The number of anilines is 1. The van der Waals surface area contributed by atoms with Crippen LogP contribution in [0.5, 0.6) is 11.6 Å². The molecule has 1 aromatic heterocycles. The van der Waals surface area contributed by atoms with Crippen molar-refractivity contribution in [2.24, 2.45) is 0 Å². The summed E-state index contributed by atoms with van der Waals surface area (Å²) in [6, 6.07) is 8.93. The number of halogens is 1. The average molecular weight is 419 g/mol. The Labute approximate surface area is 176 Å². The van der Waals surface area contributed by atoms with Gasteiger partial charge in [0.1, 0.15) is 24.0 Å². The fourth-order valence-corrected chi connectivity index (χ4v) is 3.32. The molecule has 8 heteroatoms. The molecule has 156 valence electrons. The van der Waals surface area contributed by atoms with Crippen molar-refractivity contribution in [1.29, 1.82) is 0 Å². The molecule has 1 atom stereocenters. The number of rotatable bonds is 8. The van der Waals surface area contributed by atoms with Crippen molar-refractivity contribution in [1.82, 2.24) is 15.3 Å². The van der Waals surface area contributed by atoms with Gasteiger partial charge in [0.2, 0.25) is 5.88 Å². The first-order valence-corrected chi connectivity index (χ1v) is 10.3. The molecule has 29 heavy (non-hydrogen) atoms. The van der Waals surface area contributed by atoms with Gasteiger partial charge in [0.15, 0.2) is 6.10 Å². The van der Waals surface area contributed by atoms with Gasteiger partial charge in [0.25, 0.3) is 5.91 Å². The number of hydrogen-bond acceptors (Lipinski definition) is 6. The SMILES string of the molecule is Cc1nc(OCCNC(=O)C(C)Oc2ccccc2Cl)cc(N2CCCCC2)n1. The van der Waals surface area contributed by atoms with Crippen molar-refractivity contribution < 1.29 is 14.3 Å². The summed E-state index contributed by atoms with van der Waals surface area (Å²) in [6.45, 7) is 6.20. The molecule has 0 saturated carbocycles. The Kier molecular flexibility index (Phi) is 7.52. The highest BCUT2D eigenvalue weighted by molar-refractivity contribution is 6.32. The van der Waals surface area contributed by atoms with E-state index in [1.54, 1.807) is 19.1 Å². The quantitative estimate of drug-likeness (QED) is 0.662. The summed E-state index contributed by atoms with van der Waals surface area (Å²) in [7, 11) is 0. The van der Waals surface area contributed by atoms with E-state index in [2.05, 4.69) is 20.2 Å². The zero-order valence-electron chi connectivity index (χ0n) is 16.9. The Balaban J connectivity index is 1.45. The number of carbonyl (C=O) groups is 1. The van der Waals surface area contributed by atoms with Crippen molar-refractivity contribution in [3.63, 3.8) is 0 Å². The Morgan fingerprint density at radius 1 is 1.24 bits per heavy atom. The van der Waals surface area contributed by atoms with Crippen LogP contribution in [0.4, 0.5) is 5.82 Å². The number of carbonyl (C=O) groups excluding carboxylic acids is 1. The molecule has 1 N–H and O–H groups in total. The largest absolute Gasteiger partial charge is 0.479 e. The van der Waals surface area contributed by atoms with E-state index in [1.807, 2.05) is 25.1 Å². The predicted molar refractivity (Wildman–Crippen MR) is 113 cm³/mol. The average Bonchev–Trinajstić information content (AvgIpc) is 2.73. The van der Waals surface area contributed by atoms with Crippen molar-refractivity contribution in [3.05, 3.63) is 41.2 Å². The van der Waals surface area contributed by atoms with Gasteiger partial charge in [-0.3, -0.25) is 4.79 Å². The van der Waals surface area contributed by atoms with Gasteiger partial charge in [-0.1, -0.05) is 23.7 Å². The maximum atomic E-state index is 12.2.